The van der Waals surface area contributed by atoms with E-state index in [-0.39, 0.29) is 37.2 Å². The van der Waals surface area contributed by atoms with Gasteiger partial charge in [-0.15, -0.1) is 19.0 Å². The van der Waals surface area contributed by atoms with Gasteiger partial charge in [-0.25, -0.2) is 0 Å². The van der Waals surface area contributed by atoms with Crippen molar-refractivity contribution >= 4 is 19.5 Å². The van der Waals surface area contributed by atoms with Crippen LogP contribution in [-0.2, 0) is 9.31 Å². The van der Waals surface area contributed by atoms with E-state index in [1.165, 1.54) is 6.42 Å². The molecule has 0 aromatic rings. The summed E-state index contributed by atoms with van der Waals surface area (Å²) in [6.07, 6.45) is 4.32. The van der Waals surface area contributed by atoms with Gasteiger partial charge in [0, 0.05) is 0 Å². The second kappa shape index (κ2) is 4.24. The predicted octanol–water partition coefficient (Wildman–Crippen LogP) is 2.19. The zero-order valence-corrected chi connectivity index (χ0v) is 12.2. The first-order valence-corrected chi connectivity index (χ1v) is 6.61. The second-order valence-electron chi connectivity index (χ2n) is 6.65. The van der Waals surface area contributed by atoms with E-state index in [2.05, 4.69) is 27.4 Å². The van der Waals surface area contributed by atoms with Crippen molar-refractivity contribution in [1.29, 1.82) is 0 Å². The van der Waals surface area contributed by atoms with Crippen LogP contribution in [0, 0.1) is 17.3 Å². The Morgan fingerprint density at radius 3 is 2.61 bits per heavy atom. The molecule has 3 aliphatic carbocycles. The average molecular weight is 272 g/mol. The maximum atomic E-state index is 6.17. The van der Waals surface area contributed by atoms with Crippen molar-refractivity contribution in [1.82, 2.24) is 0 Å². The third-order valence-corrected chi connectivity index (χ3v) is 5.56. The highest BCUT2D eigenvalue weighted by molar-refractivity contribution is 6.48. The van der Waals surface area contributed by atoms with Gasteiger partial charge >= 0.3 is 7.12 Å². The lowest BCUT2D eigenvalue weighted by molar-refractivity contribution is -0.199. The van der Waals surface area contributed by atoms with Crippen LogP contribution >= 0.6 is 12.4 Å². The first kappa shape index (κ1) is 14.4. The van der Waals surface area contributed by atoms with Gasteiger partial charge in [-0.2, -0.15) is 0 Å². The molecule has 102 valence electrons. The summed E-state index contributed by atoms with van der Waals surface area (Å²) >= 11 is 0. The van der Waals surface area contributed by atoms with Crippen LogP contribution in [0.4, 0.5) is 0 Å². The Morgan fingerprint density at radius 2 is 2.06 bits per heavy atom. The molecule has 0 amide bonds. The normalized spacial score (nSPS) is 45.6. The van der Waals surface area contributed by atoms with Crippen LogP contribution in [0.3, 0.4) is 0 Å². The SMILES string of the molecule is C=C[C@H](N)B1O[C@@H]2C[C@@H]3C[C@@H](C3(C)C)[C@]2(C)O1.Cl. The van der Waals surface area contributed by atoms with Crippen molar-refractivity contribution in [3.8, 4) is 0 Å². The van der Waals surface area contributed by atoms with E-state index in [4.69, 9.17) is 15.0 Å². The van der Waals surface area contributed by atoms with Crippen LogP contribution in [0.25, 0.3) is 0 Å². The van der Waals surface area contributed by atoms with Gasteiger partial charge in [0.2, 0.25) is 0 Å². The topological polar surface area (TPSA) is 44.5 Å². The summed E-state index contributed by atoms with van der Waals surface area (Å²) in [4.78, 5) is 0. The fourth-order valence-electron chi connectivity index (χ4n) is 4.17. The Bertz CT molecular complexity index is 365. The Balaban J connectivity index is 0.00000120. The molecule has 2 bridgehead atoms. The van der Waals surface area contributed by atoms with E-state index in [1.807, 2.05) is 0 Å². The fourth-order valence-corrected chi connectivity index (χ4v) is 4.17. The molecule has 0 radical (unpaired) electrons. The molecule has 0 aromatic carbocycles. The van der Waals surface area contributed by atoms with E-state index < -0.39 is 0 Å². The van der Waals surface area contributed by atoms with Gasteiger partial charge in [-0.05, 0) is 37.0 Å². The monoisotopic (exact) mass is 271 g/mol. The Morgan fingerprint density at radius 1 is 1.39 bits per heavy atom. The van der Waals surface area contributed by atoms with E-state index in [1.54, 1.807) is 6.08 Å². The minimum Gasteiger partial charge on any atom is -0.404 e. The lowest BCUT2D eigenvalue weighted by Gasteiger charge is -2.64. The lowest BCUT2D eigenvalue weighted by atomic mass is 9.43. The summed E-state index contributed by atoms with van der Waals surface area (Å²) in [5.41, 5.74) is 6.19. The Hall–Kier alpha value is -0.0251. The molecular weight excluding hydrogens is 248 g/mol. The Kier molecular flexibility index (Phi) is 3.39. The van der Waals surface area contributed by atoms with Crippen molar-refractivity contribution in [3.63, 3.8) is 0 Å². The number of hydrogen-bond donors (Lipinski definition) is 1. The molecule has 2 N–H and O–H groups in total. The summed E-state index contributed by atoms with van der Waals surface area (Å²) in [6.45, 7) is 10.6. The van der Waals surface area contributed by atoms with Crippen LogP contribution in [0.2, 0.25) is 0 Å². The first-order valence-electron chi connectivity index (χ1n) is 6.61. The molecule has 5 atom stereocenters. The minimum absolute atomic E-state index is 0. The van der Waals surface area contributed by atoms with Crippen molar-refractivity contribution in [3.05, 3.63) is 12.7 Å². The Labute approximate surface area is 116 Å². The summed E-state index contributed by atoms with van der Waals surface area (Å²) in [5.74, 6) is 1.16. The molecule has 3 nitrogen and oxygen atoms in total. The summed E-state index contributed by atoms with van der Waals surface area (Å²) < 4.78 is 12.2. The van der Waals surface area contributed by atoms with Crippen LogP contribution < -0.4 is 5.73 Å². The smallest absolute Gasteiger partial charge is 0.404 e. The van der Waals surface area contributed by atoms with Gasteiger partial charge < -0.3 is 15.0 Å². The third-order valence-electron chi connectivity index (χ3n) is 5.56. The summed E-state index contributed by atoms with van der Waals surface area (Å²) in [7, 11) is -0.308. The molecule has 0 unspecified atom stereocenters. The molecule has 1 aliphatic heterocycles. The van der Waals surface area contributed by atoms with Crippen LogP contribution in [0.5, 0.6) is 0 Å². The molecule has 5 heteroatoms. The van der Waals surface area contributed by atoms with Gasteiger partial charge in [0.25, 0.3) is 0 Å². The average Bonchev–Trinajstić information content (AvgIpc) is 2.64. The molecule has 4 aliphatic rings. The lowest BCUT2D eigenvalue weighted by Crippen LogP contribution is -2.65. The van der Waals surface area contributed by atoms with Crippen molar-refractivity contribution < 1.29 is 9.31 Å². The predicted molar refractivity (Wildman–Crippen MR) is 75.5 cm³/mol. The highest BCUT2D eigenvalue weighted by Crippen LogP contribution is 2.65. The summed E-state index contributed by atoms with van der Waals surface area (Å²) in [6, 6.07) is 0. The standard InChI is InChI=1S/C13H22BNO2.ClH/c1-5-11(15)14-16-10-7-8-6-9(12(8,2)3)13(10,4)17-14;/h5,8-11H,1,6-7,15H2,2-4H3;1H/t8-,9-,10+,11-,13-;/m0./s1. The van der Waals surface area contributed by atoms with Crippen LogP contribution in [-0.4, -0.2) is 24.8 Å². The quantitative estimate of drug-likeness (QED) is 0.618. The molecule has 18 heavy (non-hydrogen) atoms. The van der Waals surface area contributed by atoms with Crippen LogP contribution in [0.1, 0.15) is 33.6 Å². The molecule has 0 aromatic heterocycles. The molecule has 4 rings (SSSR count). The number of hydrogen-bond acceptors (Lipinski definition) is 3. The molecule has 3 saturated carbocycles. The highest BCUT2D eigenvalue weighted by Gasteiger charge is 2.68. The van der Waals surface area contributed by atoms with E-state index >= 15 is 0 Å². The maximum Gasteiger partial charge on any atom is 0.479 e. The van der Waals surface area contributed by atoms with Gasteiger partial charge in [-0.3, -0.25) is 0 Å². The van der Waals surface area contributed by atoms with Crippen molar-refractivity contribution in [2.75, 3.05) is 0 Å². The zero-order valence-electron chi connectivity index (χ0n) is 11.4. The van der Waals surface area contributed by atoms with Gasteiger partial charge in [0.05, 0.1) is 17.6 Å². The number of rotatable bonds is 2. The second-order valence-corrected chi connectivity index (χ2v) is 6.65. The molecule has 1 heterocycles. The van der Waals surface area contributed by atoms with Crippen molar-refractivity contribution in [2.45, 2.75) is 51.3 Å². The third kappa shape index (κ3) is 1.62. The maximum absolute atomic E-state index is 6.17. The van der Waals surface area contributed by atoms with Gasteiger partial charge in [0.15, 0.2) is 0 Å². The molecule has 1 saturated heterocycles. The molecule has 4 fully saturated rings. The van der Waals surface area contributed by atoms with Gasteiger partial charge in [0.1, 0.15) is 0 Å². The molecule has 0 spiro atoms. The fraction of sp³-hybridized carbons (Fsp3) is 0.846. The minimum atomic E-state index is -0.308. The van der Waals surface area contributed by atoms with E-state index in [0.29, 0.717) is 11.3 Å². The van der Waals surface area contributed by atoms with Gasteiger partial charge in [-0.1, -0.05) is 19.9 Å². The molecular formula is C13H23BClNO2. The number of halogens is 1. The first-order chi connectivity index (χ1) is 7.89. The van der Waals surface area contributed by atoms with E-state index in [0.717, 1.165) is 12.3 Å². The largest absolute Gasteiger partial charge is 0.479 e. The highest BCUT2D eigenvalue weighted by atomic mass is 35.5. The van der Waals surface area contributed by atoms with Crippen LogP contribution in [0.15, 0.2) is 12.7 Å². The number of nitrogens with two attached hydrogens (primary N) is 1. The zero-order chi connectivity index (χ0) is 12.4. The van der Waals surface area contributed by atoms with Crippen molar-refractivity contribution in [2.24, 2.45) is 23.0 Å². The summed E-state index contributed by atoms with van der Waals surface area (Å²) in [5, 5.41) is 0. The van der Waals surface area contributed by atoms with E-state index in [9.17, 15) is 0 Å².